The molecule has 0 radical (unpaired) electrons. The normalized spacial score (nSPS) is 22.9. The number of ketones is 1. The van der Waals surface area contributed by atoms with E-state index in [1.807, 2.05) is 6.07 Å². The van der Waals surface area contributed by atoms with E-state index in [1.54, 1.807) is 0 Å². The van der Waals surface area contributed by atoms with Crippen LogP contribution in [0.2, 0.25) is 0 Å². The van der Waals surface area contributed by atoms with Crippen molar-refractivity contribution >= 4 is 5.78 Å². The Morgan fingerprint density at radius 2 is 2.04 bits per heavy atom. The van der Waals surface area contributed by atoms with Gasteiger partial charge in [0.2, 0.25) is 0 Å². The number of hydrogen-bond acceptors (Lipinski definition) is 3. The molecule has 1 heterocycles. The fourth-order valence-electron chi connectivity index (χ4n) is 4.43. The maximum atomic E-state index is 11.9. The monoisotopic (exact) mass is 344 g/mol. The summed E-state index contributed by atoms with van der Waals surface area (Å²) >= 11 is 0. The van der Waals surface area contributed by atoms with Gasteiger partial charge in [0.15, 0.2) is 0 Å². The molecule has 2 unspecified atom stereocenters. The summed E-state index contributed by atoms with van der Waals surface area (Å²) in [4.78, 5) is 11.9. The Hall–Kier alpha value is -1.51. The first kappa shape index (κ1) is 18.3. The zero-order valence-electron chi connectivity index (χ0n) is 15.9. The van der Waals surface area contributed by atoms with Crippen molar-refractivity contribution in [2.45, 2.75) is 83.5 Å². The zero-order valence-corrected chi connectivity index (χ0v) is 15.9. The van der Waals surface area contributed by atoms with Gasteiger partial charge in [0.25, 0.3) is 0 Å². The fourth-order valence-corrected chi connectivity index (χ4v) is 4.43. The minimum Gasteiger partial charge on any atom is -0.508 e. The Morgan fingerprint density at radius 1 is 1.24 bits per heavy atom. The van der Waals surface area contributed by atoms with E-state index in [1.165, 1.54) is 25.7 Å². The smallest absolute Gasteiger partial charge is 0.133 e. The first-order valence-corrected chi connectivity index (χ1v) is 9.94. The average Bonchev–Trinajstić information content (AvgIpc) is 2.58. The molecule has 3 heteroatoms. The number of carbonyl (C=O) groups is 1. The number of fused-ring (bicyclic) bond motifs is 3. The van der Waals surface area contributed by atoms with Crippen LogP contribution in [-0.4, -0.2) is 17.5 Å². The number of phenols is 1. The summed E-state index contributed by atoms with van der Waals surface area (Å²) in [6.07, 6.45) is 8.19. The third kappa shape index (κ3) is 3.86. The third-order valence-corrected chi connectivity index (χ3v) is 6.19. The molecule has 1 saturated carbocycles. The van der Waals surface area contributed by atoms with Gasteiger partial charge in [0, 0.05) is 30.2 Å². The van der Waals surface area contributed by atoms with Crippen LogP contribution < -0.4 is 4.74 Å². The second-order valence-corrected chi connectivity index (χ2v) is 8.56. The molecule has 1 aliphatic heterocycles. The molecule has 1 aromatic rings. The van der Waals surface area contributed by atoms with Crippen LogP contribution in [0.15, 0.2) is 12.1 Å². The molecule has 0 saturated heterocycles. The molecule has 1 aliphatic carbocycles. The third-order valence-electron chi connectivity index (χ3n) is 6.19. The van der Waals surface area contributed by atoms with Crippen LogP contribution in [0.5, 0.6) is 11.5 Å². The van der Waals surface area contributed by atoms with Crippen LogP contribution >= 0.6 is 0 Å². The quantitative estimate of drug-likeness (QED) is 0.695. The van der Waals surface area contributed by atoms with Gasteiger partial charge in [-0.15, -0.1) is 0 Å². The van der Waals surface area contributed by atoms with E-state index in [4.69, 9.17) is 4.74 Å². The van der Waals surface area contributed by atoms with Crippen LogP contribution in [0, 0.1) is 5.92 Å². The predicted molar refractivity (Wildman–Crippen MR) is 100 cm³/mol. The maximum absolute atomic E-state index is 11.9. The van der Waals surface area contributed by atoms with Crippen molar-refractivity contribution in [3.8, 4) is 11.5 Å². The fraction of sp³-hybridized carbons (Fsp3) is 0.682. The molecule has 0 spiro atoms. The Kier molecular flexibility index (Phi) is 5.41. The summed E-state index contributed by atoms with van der Waals surface area (Å²) in [5.74, 6) is 1.93. The van der Waals surface area contributed by atoms with Crippen molar-refractivity contribution < 1.29 is 14.6 Å². The van der Waals surface area contributed by atoms with Gasteiger partial charge in [-0.05, 0) is 36.0 Å². The molecule has 2 atom stereocenters. The highest BCUT2D eigenvalue weighted by molar-refractivity contribution is 5.80. The highest BCUT2D eigenvalue weighted by Gasteiger charge is 2.38. The summed E-state index contributed by atoms with van der Waals surface area (Å²) in [5, 5.41) is 10.7. The second-order valence-electron chi connectivity index (χ2n) is 8.56. The molecule has 2 aliphatic rings. The SMILES string of the molecule is CCCCCCC(C)(C)c1cc(O)c2c(c1)OCC1CCC(=O)CC21. The molecular formula is C22H32O3. The number of phenolic OH excluding ortho intramolecular Hbond substituents is 1. The highest BCUT2D eigenvalue weighted by Crippen LogP contribution is 2.49. The van der Waals surface area contributed by atoms with E-state index in [9.17, 15) is 9.90 Å². The minimum absolute atomic E-state index is 0.0167. The van der Waals surface area contributed by atoms with Gasteiger partial charge in [0.1, 0.15) is 17.3 Å². The Labute approximate surface area is 151 Å². The van der Waals surface area contributed by atoms with Crippen LogP contribution in [-0.2, 0) is 10.2 Å². The van der Waals surface area contributed by atoms with Gasteiger partial charge in [0.05, 0.1) is 6.61 Å². The molecular weight excluding hydrogens is 312 g/mol. The Bertz CT molecular complexity index is 632. The molecule has 0 aromatic heterocycles. The summed E-state index contributed by atoms with van der Waals surface area (Å²) in [5.41, 5.74) is 2.03. The summed E-state index contributed by atoms with van der Waals surface area (Å²) in [6.45, 7) is 7.39. The number of benzene rings is 1. The van der Waals surface area contributed by atoms with Crippen LogP contribution in [0.4, 0.5) is 0 Å². The molecule has 1 fully saturated rings. The lowest BCUT2D eigenvalue weighted by Crippen LogP contribution is -2.32. The number of unbranched alkanes of at least 4 members (excludes halogenated alkanes) is 3. The molecule has 0 amide bonds. The van der Waals surface area contributed by atoms with E-state index >= 15 is 0 Å². The van der Waals surface area contributed by atoms with Gasteiger partial charge in [-0.2, -0.15) is 0 Å². The average molecular weight is 344 g/mol. The zero-order chi connectivity index (χ0) is 18.0. The van der Waals surface area contributed by atoms with Crippen molar-refractivity contribution in [3.05, 3.63) is 23.3 Å². The first-order chi connectivity index (χ1) is 11.9. The Morgan fingerprint density at radius 3 is 2.80 bits per heavy atom. The molecule has 25 heavy (non-hydrogen) atoms. The van der Waals surface area contributed by atoms with Crippen LogP contribution in [0.25, 0.3) is 0 Å². The van der Waals surface area contributed by atoms with Crippen molar-refractivity contribution in [2.75, 3.05) is 6.61 Å². The van der Waals surface area contributed by atoms with E-state index in [2.05, 4.69) is 26.8 Å². The topological polar surface area (TPSA) is 46.5 Å². The van der Waals surface area contributed by atoms with E-state index in [0.29, 0.717) is 36.9 Å². The van der Waals surface area contributed by atoms with E-state index in [-0.39, 0.29) is 11.3 Å². The van der Waals surface area contributed by atoms with Crippen LogP contribution in [0.1, 0.15) is 89.2 Å². The summed E-state index contributed by atoms with van der Waals surface area (Å²) in [6, 6.07) is 4.04. The molecule has 3 nitrogen and oxygen atoms in total. The number of carbonyl (C=O) groups excluding carboxylic acids is 1. The number of rotatable bonds is 6. The molecule has 0 bridgehead atoms. The minimum atomic E-state index is 0.0167. The molecule has 1 N–H and O–H groups in total. The summed E-state index contributed by atoms with van der Waals surface area (Å²) in [7, 11) is 0. The lowest BCUT2D eigenvalue weighted by molar-refractivity contribution is -0.122. The summed E-state index contributed by atoms with van der Waals surface area (Å²) < 4.78 is 6.02. The molecule has 138 valence electrons. The number of hydrogen-bond donors (Lipinski definition) is 1. The first-order valence-electron chi connectivity index (χ1n) is 9.94. The highest BCUT2D eigenvalue weighted by atomic mass is 16.5. The van der Waals surface area contributed by atoms with Gasteiger partial charge in [-0.25, -0.2) is 0 Å². The van der Waals surface area contributed by atoms with Gasteiger partial charge >= 0.3 is 0 Å². The standard InChI is InChI=1S/C22H32O3/c1-4-5-6-7-10-22(2,3)16-11-19(24)21-18-13-17(23)9-8-15(18)14-25-20(21)12-16/h11-12,15,18,24H,4-10,13-14H2,1-3H3. The second kappa shape index (κ2) is 7.39. The van der Waals surface area contributed by atoms with E-state index in [0.717, 1.165) is 29.7 Å². The van der Waals surface area contributed by atoms with Gasteiger partial charge in [-0.1, -0.05) is 46.5 Å². The van der Waals surface area contributed by atoms with E-state index < -0.39 is 0 Å². The van der Waals surface area contributed by atoms with Crippen molar-refractivity contribution in [3.63, 3.8) is 0 Å². The lowest BCUT2D eigenvalue weighted by Gasteiger charge is -2.37. The van der Waals surface area contributed by atoms with Crippen molar-refractivity contribution in [1.82, 2.24) is 0 Å². The maximum Gasteiger partial charge on any atom is 0.133 e. The number of Topliss-reactive ketones (excluding diaryl/α,β-unsaturated/α-hetero) is 1. The number of aromatic hydroxyl groups is 1. The molecule has 1 aromatic carbocycles. The Balaban J connectivity index is 1.83. The predicted octanol–water partition coefficient (Wildman–Crippen LogP) is 5.49. The van der Waals surface area contributed by atoms with Gasteiger partial charge < -0.3 is 9.84 Å². The number of ether oxygens (including phenoxy) is 1. The largest absolute Gasteiger partial charge is 0.508 e. The molecule has 3 rings (SSSR count). The van der Waals surface area contributed by atoms with Crippen molar-refractivity contribution in [2.24, 2.45) is 5.92 Å². The van der Waals surface area contributed by atoms with Crippen LogP contribution in [0.3, 0.4) is 0 Å². The lowest BCUT2D eigenvalue weighted by atomic mass is 9.72. The van der Waals surface area contributed by atoms with Gasteiger partial charge in [-0.3, -0.25) is 4.79 Å². The van der Waals surface area contributed by atoms with Crippen molar-refractivity contribution in [1.29, 1.82) is 0 Å².